The van der Waals surface area contributed by atoms with Gasteiger partial charge in [-0.05, 0) is 37.3 Å². The molecule has 0 saturated carbocycles. The fraction of sp³-hybridized carbons (Fsp3) is 0.471. The first kappa shape index (κ1) is 16.0. The van der Waals surface area contributed by atoms with Gasteiger partial charge in [-0.3, -0.25) is 4.99 Å². The third kappa shape index (κ3) is 8.61. The van der Waals surface area contributed by atoms with Crippen LogP contribution in [0.3, 0.4) is 0 Å². The first-order chi connectivity index (χ1) is 9.33. The average molecular weight is 278 g/mol. The molecule has 0 fully saturated rings. The minimum Gasteiger partial charge on any atom is -0.288 e. The summed E-state index contributed by atoms with van der Waals surface area (Å²) in [7, 11) is 0. The smallest absolute Gasteiger partial charge is 0.0639 e. The molecule has 0 heterocycles. The normalized spacial score (nSPS) is 12.2. The lowest BCUT2D eigenvalue weighted by atomic mass is 10.1. The average Bonchev–Trinajstić information content (AvgIpc) is 2.44. The summed E-state index contributed by atoms with van der Waals surface area (Å²) in [5.41, 5.74) is 2.51. The molecule has 0 unspecified atom stereocenters. The Balaban J connectivity index is 2.17. The molecule has 0 aliphatic heterocycles. The molecule has 0 bridgehead atoms. The Morgan fingerprint density at radius 3 is 2.58 bits per heavy atom. The van der Waals surface area contributed by atoms with Crippen molar-refractivity contribution in [1.29, 1.82) is 0 Å². The quantitative estimate of drug-likeness (QED) is 0.326. The summed E-state index contributed by atoms with van der Waals surface area (Å²) in [6, 6.07) is 10.3. The van der Waals surface area contributed by atoms with Crippen LogP contribution in [0.25, 0.3) is 0 Å². The van der Waals surface area contributed by atoms with Crippen molar-refractivity contribution in [2.24, 2.45) is 4.99 Å². The molecule has 0 radical (unpaired) electrons. The number of benzene rings is 1. The van der Waals surface area contributed by atoms with E-state index >= 15 is 0 Å². The highest BCUT2D eigenvalue weighted by Crippen LogP contribution is 2.06. The van der Waals surface area contributed by atoms with Crippen LogP contribution in [0.5, 0.6) is 0 Å². The highest BCUT2D eigenvalue weighted by molar-refractivity contribution is 6.17. The van der Waals surface area contributed by atoms with E-state index < -0.39 is 0 Å². The molecular weight excluding hydrogens is 254 g/mol. The summed E-state index contributed by atoms with van der Waals surface area (Å²) in [6.45, 7) is 2.88. The van der Waals surface area contributed by atoms with Gasteiger partial charge in [0.1, 0.15) is 0 Å². The molecule has 1 aromatic rings. The number of aliphatic imine (C=N–C) groups is 1. The van der Waals surface area contributed by atoms with E-state index in [9.17, 15) is 0 Å². The van der Waals surface area contributed by atoms with Gasteiger partial charge >= 0.3 is 0 Å². The third-order valence-corrected chi connectivity index (χ3v) is 3.23. The SMILES string of the molecule is C/C(C=NCc1ccccc1)=C/CCCCCCCl. The lowest BCUT2D eigenvalue weighted by Crippen LogP contribution is -1.84. The largest absolute Gasteiger partial charge is 0.288 e. The van der Waals surface area contributed by atoms with E-state index in [4.69, 9.17) is 11.6 Å². The monoisotopic (exact) mass is 277 g/mol. The van der Waals surface area contributed by atoms with E-state index in [1.54, 1.807) is 0 Å². The van der Waals surface area contributed by atoms with Crippen LogP contribution in [0, 0.1) is 0 Å². The van der Waals surface area contributed by atoms with Crippen LogP contribution in [0.15, 0.2) is 47.0 Å². The Morgan fingerprint density at radius 1 is 1.11 bits per heavy atom. The maximum Gasteiger partial charge on any atom is 0.0639 e. The van der Waals surface area contributed by atoms with Gasteiger partial charge in [0, 0.05) is 12.1 Å². The van der Waals surface area contributed by atoms with Crippen LogP contribution < -0.4 is 0 Å². The molecule has 0 amide bonds. The predicted octanol–water partition coefficient (Wildman–Crippen LogP) is 5.39. The van der Waals surface area contributed by atoms with Crippen molar-refractivity contribution in [2.75, 3.05) is 5.88 Å². The second-order valence-electron chi connectivity index (χ2n) is 4.80. The molecule has 1 nitrogen and oxygen atoms in total. The lowest BCUT2D eigenvalue weighted by molar-refractivity contribution is 0.676. The van der Waals surface area contributed by atoms with E-state index in [1.807, 2.05) is 24.4 Å². The number of hydrogen-bond donors (Lipinski definition) is 0. The first-order valence-electron chi connectivity index (χ1n) is 7.09. The summed E-state index contributed by atoms with van der Waals surface area (Å²) in [6.07, 6.45) is 10.3. The lowest BCUT2D eigenvalue weighted by Gasteiger charge is -1.97. The van der Waals surface area contributed by atoms with Gasteiger partial charge in [-0.25, -0.2) is 0 Å². The standard InChI is InChI=1S/C17H24ClN/c1-16(10-6-3-2-4-9-13-18)14-19-15-17-11-7-5-8-12-17/h5,7-8,10-12,14H,2-4,6,9,13,15H2,1H3/b16-10-,19-14?. The van der Waals surface area contributed by atoms with Gasteiger partial charge in [0.15, 0.2) is 0 Å². The molecule has 0 atom stereocenters. The molecule has 19 heavy (non-hydrogen) atoms. The van der Waals surface area contributed by atoms with Crippen LogP contribution in [0.1, 0.15) is 44.6 Å². The number of hydrogen-bond acceptors (Lipinski definition) is 1. The van der Waals surface area contributed by atoms with Gasteiger partial charge in [-0.15, -0.1) is 11.6 Å². The zero-order valence-electron chi connectivity index (χ0n) is 11.8. The van der Waals surface area contributed by atoms with E-state index in [0.717, 1.165) is 25.3 Å². The van der Waals surface area contributed by atoms with E-state index in [1.165, 1.54) is 30.4 Å². The van der Waals surface area contributed by atoms with Gasteiger partial charge < -0.3 is 0 Å². The number of rotatable bonds is 9. The molecule has 0 aromatic heterocycles. The van der Waals surface area contributed by atoms with Crippen LogP contribution in [0.2, 0.25) is 0 Å². The Hall–Kier alpha value is -1.08. The topological polar surface area (TPSA) is 12.4 Å². The second-order valence-corrected chi connectivity index (χ2v) is 5.17. The number of alkyl halides is 1. The van der Waals surface area contributed by atoms with Crippen molar-refractivity contribution >= 4 is 17.8 Å². The molecule has 0 aliphatic carbocycles. The molecular formula is C17H24ClN. The minimum atomic E-state index is 0.766. The van der Waals surface area contributed by atoms with Crippen molar-refractivity contribution in [3.8, 4) is 0 Å². The van der Waals surface area contributed by atoms with Crippen molar-refractivity contribution in [3.63, 3.8) is 0 Å². The van der Waals surface area contributed by atoms with E-state index in [-0.39, 0.29) is 0 Å². The van der Waals surface area contributed by atoms with Crippen LogP contribution >= 0.6 is 11.6 Å². The summed E-state index contributed by atoms with van der Waals surface area (Å²) in [5.74, 6) is 0.793. The van der Waals surface area contributed by atoms with Gasteiger partial charge in [0.05, 0.1) is 6.54 Å². The second kappa shape index (κ2) is 10.8. The first-order valence-corrected chi connectivity index (χ1v) is 7.63. The van der Waals surface area contributed by atoms with Gasteiger partial charge in [0.25, 0.3) is 0 Å². The molecule has 0 spiro atoms. The van der Waals surface area contributed by atoms with E-state index in [0.29, 0.717) is 0 Å². The van der Waals surface area contributed by atoms with Crippen molar-refractivity contribution in [1.82, 2.24) is 0 Å². The minimum absolute atomic E-state index is 0.766. The molecule has 1 rings (SSSR count). The third-order valence-electron chi connectivity index (χ3n) is 2.97. The fourth-order valence-corrected chi connectivity index (χ4v) is 2.04. The van der Waals surface area contributed by atoms with Gasteiger partial charge in [-0.1, -0.05) is 49.2 Å². The van der Waals surface area contributed by atoms with Crippen molar-refractivity contribution in [2.45, 2.75) is 45.6 Å². The molecule has 0 aliphatic rings. The van der Waals surface area contributed by atoms with Crippen LogP contribution in [-0.2, 0) is 6.54 Å². The molecule has 0 saturated heterocycles. The molecule has 104 valence electrons. The molecule has 2 heteroatoms. The molecule has 1 aromatic carbocycles. The predicted molar refractivity (Wildman–Crippen MR) is 86.2 cm³/mol. The van der Waals surface area contributed by atoms with Gasteiger partial charge in [0.2, 0.25) is 0 Å². The summed E-state index contributed by atoms with van der Waals surface area (Å²) < 4.78 is 0. The summed E-state index contributed by atoms with van der Waals surface area (Å²) >= 11 is 5.64. The van der Waals surface area contributed by atoms with Crippen LogP contribution in [-0.4, -0.2) is 12.1 Å². The summed E-state index contributed by atoms with van der Waals surface area (Å²) in [5, 5.41) is 0. The zero-order chi connectivity index (χ0) is 13.8. The maximum atomic E-state index is 5.64. The van der Waals surface area contributed by atoms with E-state index in [2.05, 4.69) is 30.1 Å². The summed E-state index contributed by atoms with van der Waals surface area (Å²) in [4.78, 5) is 4.46. The number of unbranched alkanes of at least 4 members (excludes halogenated alkanes) is 4. The van der Waals surface area contributed by atoms with Crippen molar-refractivity contribution in [3.05, 3.63) is 47.5 Å². The van der Waals surface area contributed by atoms with Gasteiger partial charge in [-0.2, -0.15) is 0 Å². The number of allylic oxidation sites excluding steroid dienone is 2. The number of halogens is 1. The molecule has 0 N–H and O–H groups in total. The zero-order valence-corrected chi connectivity index (χ0v) is 12.6. The maximum absolute atomic E-state index is 5.64. The van der Waals surface area contributed by atoms with Crippen molar-refractivity contribution < 1.29 is 0 Å². The Labute approximate surface area is 122 Å². The fourth-order valence-electron chi connectivity index (χ4n) is 1.85. The Bertz CT molecular complexity index is 382. The highest BCUT2D eigenvalue weighted by Gasteiger charge is 1.90. The highest BCUT2D eigenvalue weighted by atomic mass is 35.5. The number of nitrogens with zero attached hydrogens (tertiary/aromatic N) is 1. The van der Waals surface area contributed by atoms with Crippen LogP contribution in [0.4, 0.5) is 0 Å². The Kier molecular flexibility index (Phi) is 9.09. The Morgan fingerprint density at radius 2 is 1.84 bits per heavy atom.